The van der Waals surface area contributed by atoms with Crippen molar-refractivity contribution in [2.45, 2.75) is 0 Å². The van der Waals surface area contributed by atoms with Crippen molar-refractivity contribution in [2.24, 2.45) is 0 Å². The second kappa shape index (κ2) is 2.44. The maximum absolute atomic E-state index is 4.88. The molecule has 0 N–H and O–H groups in total. The SMILES string of the molecule is [CH2]c1nnccc1OC. The molecule has 0 aliphatic carbocycles. The Hall–Kier alpha value is -1.12. The van der Waals surface area contributed by atoms with Crippen molar-refractivity contribution in [2.75, 3.05) is 7.11 Å². The first-order chi connectivity index (χ1) is 4.34. The molecular formula is C6H7N2O. The first kappa shape index (κ1) is 6.01. The minimum absolute atomic E-state index is 0.569. The molecule has 0 atom stereocenters. The van der Waals surface area contributed by atoms with Crippen LogP contribution < -0.4 is 4.74 Å². The zero-order valence-corrected chi connectivity index (χ0v) is 5.16. The molecule has 1 rings (SSSR count). The highest BCUT2D eigenvalue weighted by molar-refractivity contribution is 5.26. The van der Waals surface area contributed by atoms with Gasteiger partial charge in [0.05, 0.1) is 13.3 Å². The molecule has 3 heteroatoms. The van der Waals surface area contributed by atoms with E-state index in [4.69, 9.17) is 4.74 Å². The molecule has 0 aliphatic heterocycles. The molecule has 0 aliphatic rings. The molecule has 9 heavy (non-hydrogen) atoms. The van der Waals surface area contributed by atoms with Crippen LogP contribution in [-0.2, 0) is 0 Å². The van der Waals surface area contributed by atoms with Gasteiger partial charge in [0, 0.05) is 13.0 Å². The molecule has 3 nitrogen and oxygen atoms in total. The third-order valence-electron chi connectivity index (χ3n) is 0.975. The number of nitrogens with zero attached hydrogens (tertiary/aromatic N) is 2. The zero-order valence-electron chi connectivity index (χ0n) is 5.16. The van der Waals surface area contributed by atoms with Crippen LogP contribution in [0.5, 0.6) is 5.75 Å². The van der Waals surface area contributed by atoms with Gasteiger partial charge in [0.25, 0.3) is 0 Å². The number of hydrogen-bond acceptors (Lipinski definition) is 3. The Morgan fingerprint density at radius 1 is 1.67 bits per heavy atom. The number of hydrogen-bond donors (Lipinski definition) is 0. The van der Waals surface area contributed by atoms with E-state index in [0.29, 0.717) is 11.4 Å². The zero-order chi connectivity index (χ0) is 6.69. The van der Waals surface area contributed by atoms with Crippen LogP contribution in [0.4, 0.5) is 0 Å². The van der Waals surface area contributed by atoms with Crippen LogP contribution in [0, 0.1) is 6.92 Å². The molecule has 0 aromatic carbocycles. The van der Waals surface area contributed by atoms with Crippen LogP contribution in [0.25, 0.3) is 0 Å². The first-order valence-corrected chi connectivity index (χ1v) is 2.52. The molecule has 1 aromatic heterocycles. The largest absolute Gasteiger partial charge is 0.495 e. The summed E-state index contributed by atoms with van der Waals surface area (Å²) in [5.74, 6) is 0.671. The van der Waals surface area contributed by atoms with Gasteiger partial charge in [-0.2, -0.15) is 10.2 Å². The molecule has 1 aromatic rings. The van der Waals surface area contributed by atoms with Gasteiger partial charge >= 0.3 is 0 Å². The Labute approximate surface area is 53.7 Å². The molecule has 0 unspecified atom stereocenters. The average molecular weight is 123 g/mol. The Balaban J connectivity index is 3.01. The summed E-state index contributed by atoms with van der Waals surface area (Å²) < 4.78 is 4.88. The summed E-state index contributed by atoms with van der Waals surface area (Å²) in [6.45, 7) is 3.59. The van der Waals surface area contributed by atoms with Crippen molar-refractivity contribution in [3.63, 3.8) is 0 Å². The van der Waals surface area contributed by atoms with Gasteiger partial charge in [0.1, 0.15) is 11.4 Å². The lowest BCUT2D eigenvalue weighted by Crippen LogP contribution is -1.90. The van der Waals surface area contributed by atoms with Crippen molar-refractivity contribution in [1.29, 1.82) is 0 Å². The standard InChI is InChI=1S/C6H7N2O/c1-5-6(9-2)3-4-7-8-5/h3-4H,1H2,2H3. The van der Waals surface area contributed by atoms with E-state index in [1.807, 2.05) is 0 Å². The van der Waals surface area contributed by atoms with E-state index in [1.165, 1.54) is 0 Å². The predicted octanol–water partition coefficient (Wildman–Crippen LogP) is 0.667. The number of rotatable bonds is 1. The van der Waals surface area contributed by atoms with E-state index in [1.54, 1.807) is 19.4 Å². The fourth-order valence-electron chi connectivity index (χ4n) is 0.535. The molecule has 1 radical (unpaired) electrons. The highest BCUT2D eigenvalue weighted by atomic mass is 16.5. The maximum atomic E-state index is 4.88. The molecule has 0 bridgehead atoms. The van der Waals surface area contributed by atoms with Gasteiger partial charge in [-0.25, -0.2) is 0 Å². The Morgan fingerprint density at radius 3 is 2.89 bits per heavy atom. The number of aromatic nitrogens is 2. The number of ether oxygens (including phenoxy) is 1. The van der Waals surface area contributed by atoms with Crippen LogP contribution >= 0.6 is 0 Å². The van der Waals surface area contributed by atoms with E-state index < -0.39 is 0 Å². The van der Waals surface area contributed by atoms with Crippen LogP contribution in [-0.4, -0.2) is 17.3 Å². The maximum Gasteiger partial charge on any atom is 0.143 e. The summed E-state index contributed by atoms with van der Waals surface area (Å²) in [6, 6.07) is 1.72. The summed E-state index contributed by atoms with van der Waals surface area (Å²) in [4.78, 5) is 0. The highest BCUT2D eigenvalue weighted by Gasteiger charge is 1.94. The predicted molar refractivity (Wildman–Crippen MR) is 33.0 cm³/mol. The minimum Gasteiger partial charge on any atom is -0.495 e. The van der Waals surface area contributed by atoms with Gasteiger partial charge in [0.2, 0.25) is 0 Å². The van der Waals surface area contributed by atoms with Gasteiger partial charge in [-0.15, -0.1) is 0 Å². The van der Waals surface area contributed by atoms with E-state index >= 15 is 0 Å². The van der Waals surface area contributed by atoms with Crippen molar-refractivity contribution in [3.05, 3.63) is 24.9 Å². The van der Waals surface area contributed by atoms with Gasteiger partial charge in [-0.3, -0.25) is 0 Å². The Bertz CT molecular complexity index is 200. The van der Waals surface area contributed by atoms with Crippen LogP contribution in [0.1, 0.15) is 5.69 Å². The van der Waals surface area contributed by atoms with Crippen LogP contribution in [0.15, 0.2) is 12.3 Å². The van der Waals surface area contributed by atoms with Crippen molar-refractivity contribution < 1.29 is 4.74 Å². The second-order valence-electron chi connectivity index (χ2n) is 1.55. The average Bonchev–Trinajstić information content (AvgIpc) is 1.89. The summed E-state index contributed by atoms with van der Waals surface area (Å²) in [5.41, 5.74) is 0.569. The topological polar surface area (TPSA) is 35.0 Å². The fourth-order valence-corrected chi connectivity index (χ4v) is 0.535. The smallest absolute Gasteiger partial charge is 0.143 e. The Kier molecular flexibility index (Phi) is 1.63. The van der Waals surface area contributed by atoms with Gasteiger partial charge in [-0.05, 0) is 0 Å². The summed E-state index contributed by atoms with van der Waals surface area (Å²) >= 11 is 0. The van der Waals surface area contributed by atoms with Crippen LogP contribution in [0.3, 0.4) is 0 Å². The number of methoxy groups -OCH3 is 1. The lowest BCUT2D eigenvalue weighted by molar-refractivity contribution is 0.409. The third-order valence-corrected chi connectivity index (χ3v) is 0.975. The molecule has 0 spiro atoms. The van der Waals surface area contributed by atoms with E-state index in [2.05, 4.69) is 17.1 Å². The normalized spacial score (nSPS) is 9.11. The van der Waals surface area contributed by atoms with Crippen molar-refractivity contribution in [1.82, 2.24) is 10.2 Å². The summed E-state index contributed by atoms with van der Waals surface area (Å²) in [5, 5.41) is 7.26. The molecule has 0 saturated heterocycles. The molecule has 1 heterocycles. The van der Waals surface area contributed by atoms with Crippen LogP contribution in [0.2, 0.25) is 0 Å². The first-order valence-electron chi connectivity index (χ1n) is 2.52. The highest BCUT2D eigenvalue weighted by Crippen LogP contribution is 2.10. The fraction of sp³-hybridized carbons (Fsp3) is 0.167. The lowest BCUT2D eigenvalue weighted by atomic mass is 10.4. The summed E-state index contributed by atoms with van der Waals surface area (Å²) in [7, 11) is 1.58. The monoisotopic (exact) mass is 123 g/mol. The van der Waals surface area contributed by atoms with E-state index in [9.17, 15) is 0 Å². The van der Waals surface area contributed by atoms with Crippen molar-refractivity contribution >= 4 is 0 Å². The third kappa shape index (κ3) is 1.16. The van der Waals surface area contributed by atoms with Gasteiger partial charge < -0.3 is 4.74 Å². The Morgan fingerprint density at radius 2 is 2.44 bits per heavy atom. The second-order valence-corrected chi connectivity index (χ2v) is 1.55. The van der Waals surface area contributed by atoms with Gasteiger partial charge in [0.15, 0.2) is 0 Å². The molecule has 0 amide bonds. The van der Waals surface area contributed by atoms with E-state index in [0.717, 1.165) is 0 Å². The molecular weight excluding hydrogens is 116 g/mol. The molecule has 0 saturated carbocycles. The lowest BCUT2D eigenvalue weighted by Gasteiger charge is -1.98. The molecule has 0 fully saturated rings. The minimum atomic E-state index is 0.569. The molecule has 47 valence electrons. The quantitative estimate of drug-likeness (QED) is 0.550. The van der Waals surface area contributed by atoms with E-state index in [-0.39, 0.29) is 0 Å². The van der Waals surface area contributed by atoms with Crippen molar-refractivity contribution in [3.8, 4) is 5.75 Å². The summed E-state index contributed by atoms with van der Waals surface area (Å²) in [6.07, 6.45) is 1.56. The van der Waals surface area contributed by atoms with Gasteiger partial charge in [-0.1, -0.05) is 0 Å².